The minimum Gasteiger partial charge on any atom is -0.487 e. The predicted octanol–water partition coefficient (Wildman–Crippen LogP) is 3.94. The second-order valence-electron chi connectivity index (χ2n) is 6.41. The molecule has 0 fully saturated rings. The number of halogens is 2. The van der Waals surface area contributed by atoms with Crippen LogP contribution in [0.5, 0.6) is 5.75 Å². The maximum Gasteiger partial charge on any atom is 0.349 e. The molecule has 0 radical (unpaired) electrons. The molecule has 0 saturated carbocycles. The fourth-order valence-corrected chi connectivity index (χ4v) is 3.11. The number of hydrogen-bond acceptors (Lipinski definition) is 4. The summed E-state index contributed by atoms with van der Waals surface area (Å²) < 4.78 is 20.0. The fraction of sp³-hybridized carbons (Fsp3) is 0.0455. The van der Waals surface area contributed by atoms with Gasteiger partial charge in [-0.2, -0.15) is 5.10 Å². The van der Waals surface area contributed by atoms with Gasteiger partial charge in [-0.15, -0.1) is 4.68 Å². The lowest BCUT2D eigenvalue weighted by atomic mass is 10.2. The van der Waals surface area contributed by atoms with Crippen molar-refractivity contribution in [2.45, 2.75) is 6.61 Å². The van der Waals surface area contributed by atoms with Crippen molar-refractivity contribution in [2.24, 2.45) is 5.10 Å². The summed E-state index contributed by atoms with van der Waals surface area (Å²) in [6, 6.07) is 17.8. The van der Waals surface area contributed by atoms with Crippen LogP contribution in [0.2, 0.25) is 5.02 Å². The van der Waals surface area contributed by atoms with Gasteiger partial charge in [0.05, 0.1) is 22.1 Å². The van der Waals surface area contributed by atoms with Gasteiger partial charge in [-0.25, -0.2) is 9.18 Å². The van der Waals surface area contributed by atoms with Crippen molar-refractivity contribution in [1.29, 1.82) is 0 Å². The lowest BCUT2D eigenvalue weighted by molar-refractivity contribution is 0.300. The highest BCUT2D eigenvalue weighted by atomic mass is 35.5. The van der Waals surface area contributed by atoms with E-state index in [1.54, 1.807) is 60.7 Å². The van der Waals surface area contributed by atoms with Crippen molar-refractivity contribution in [3.05, 3.63) is 110 Å². The highest BCUT2D eigenvalue weighted by molar-refractivity contribution is 6.32. The Morgan fingerprint density at radius 3 is 2.63 bits per heavy atom. The molecule has 8 heteroatoms. The molecule has 6 nitrogen and oxygen atoms in total. The van der Waals surface area contributed by atoms with E-state index in [-0.39, 0.29) is 17.4 Å². The highest BCUT2D eigenvalue weighted by Crippen LogP contribution is 2.26. The average Bonchev–Trinajstić information content (AvgIpc) is 2.74. The molecule has 1 N–H and O–H groups in total. The van der Waals surface area contributed by atoms with Gasteiger partial charge < -0.3 is 9.72 Å². The summed E-state index contributed by atoms with van der Waals surface area (Å²) in [6.45, 7) is 0.0295. The van der Waals surface area contributed by atoms with Crippen LogP contribution in [-0.2, 0) is 6.61 Å². The molecule has 0 aliphatic heterocycles. The number of aromatic amines is 1. The number of nitrogens with zero attached hydrogens (tertiary/aromatic N) is 2. The van der Waals surface area contributed by atoms with Gasteiger partial charge in [0.15, 0.2) is 0 Å². The highest BCUT2D eigenvalue weighted by Gasteiger charge is 2.07. The van der Waals surface area contributed by atoms with Gasteiger partial charge in [0.25, 0.3) is 5.56 Å². The van der Waals surface area contributed by atoms with Gasteiger partial charge in [-0.3, -0.25) is 4.79 Å². The van der Waals surface area contributed by atoms with Crippen molar-refractivity contribution in [3.8, 4) is 5.75 Å². The van der Waals surface area contributed by atoms with E-state index in [9.17, 15) is 14.0 Å². The topological polar surface area (TPSA) is 76.5 Å². The van der Waals surface area contributed by atoms with Crippen LogP contribution < -0.4 is 16.0 Å². The summed E-state index contributed by atoms with van der Waals surface area (Å²) in [4.78, 5) is 27.3. The molecule has 0 unspecified atom stereocenters. The van der Waals surface area contributed by atoms with E-state index in [1.165, 1.54) is 12.3 Å². The van der Waals surface area contributed by atoms with Crippen LogP contribution in [-0.4, -0.2) is 15.9 Å². The van der Waals surface area contributed by atoms with Gasteiger partial charge in [0, 0.05) is 5.56 Å². The van der Waals surface area contributed by atoms with E-state index in [4.69, 9.17) is 16.3 Å². The van der Waals surface area contributed by atoms with Gasteiger partial charge in [0.2, 0.25) is 0 Å². The van der Waals surface area contributed by atoms with Crippen LogP contribution in [0, 0.1) is 5.82 Å². The maximum absolute atomic E-state index is 13.7. The Balaban J connectivity index is 1.56. The van der Waals surface area contributed by atoms with Crippen molar-refractivity contribution in [3.63, 3.8) is 0 Å². The molecule has 0 atom stereocenters. The number of benzene rings is 3. The first kappa shape index (κ1) is 19.6. The van der Waals surface area contributed by atoms with E-state index in [0.717, 1.165) is 4.68 Å². The largest absolute Gasteiger partial charge is 0.487 e. The average molecular weight is 424 g/mol. The third kappa shape index (κ3) is 4.01. The first-order valence-electron chi connectivity index (χ1n) is 8.97. The molecule has 150 valence electrons. The molecule has 0 aliphatic carbocycles. The number of ether oxygens (including phenoxy) is 1. The molecular weight excluding hydrogens is 409 g/mol. The van der Waals surface area contributed by atoms with E-state index in [2.05, 4.69) is 10.1 Å². The molecule has 30 heavy (non-hydrogen) atoms. The standard InChI is InChI=1S/C22H15ClFN3O3/c23-17-11-14(9-10-20(17)30-13-15-5-1-3-7-18(15)24)12-25-27-21(28)16-6-2-4-8-19(16)26-22(27)29/h1-12H,13H2,(H,26,29). The Hall–Kier alpha value is -3.71. The summed E-state index contributed by atoms with van der Waals surface area (Å²) in [5.74, 6) is 0.0150. The summed E-state index contributed by atoms with van der Waals surface area (Å²) in [5.41, 5.74) is 0.234. The van der Waals surface area contributed by atoms with Gasteiger partial charge in [-0.05, 0) is 42.0 Å². The predicted molar refractivity (Wildman–Crippen MR) is 114 cm³/mol. The number of hydrogen-bond donors (Lipinski definition) is 1. The third-order valence-electron chi connectivity index (χ3n) is 4.40. The molecule has 4 aromatic rings. The maximum atomic E-state index is 13.7. The molecule has 0 aliphatic rings. The molecule has 0 spiro atoms. The van der Waals surface area contributed by atoms with Crippen molar-refractivity contribution in [2.75, 3.05) is 0 Å². The lowest BCUT2D eigenvalue weighted by Gasteiger charge is -2.09. The van der Waals surface area contributed by atoms with Crippen LogP contribution in [0.25, 0.3) is 10.9 Å². The summed E-state index contributed by atoms with van der Waals surface area (Å²) in [6.07, 6.45) is 1.35. The summed E-state index contributed by atoms with van der Waals surface area (Å²) in [7, 11) is 0. The Morgan fingerprint density at radius 2 is 1.83 bits per heavy atom. The molecular formula is C22H15ClFN3O3. The number of rotatable bonds is 5. The fourth-order valence-electron chi connectivity index (χ4n) is 2.87. The molecule has 0 bridgehead atoms. The Labute approximate surface area is 174 Å². The van der Waals surface area contributed by atoms with Crippen LogP contribution in [0.3, 0.4) is 0 Å². The van der Waals surface area contributed by atoms with Crippen molar-refractivity contribution < 1.29 is 9.13 Å². The third-order valence-corrected chi connectivity index (χ3v) is 4.70. The minimum atomic E-state index is -0.647. The first-order chi connectivity index (χ1) is 14.5. The van der Waals surface area contributed by atoms with Gasteiger partial charge in [-0.1, -0.05) is 41.9 Å². The second kappa shape index (κ2) is 8.34. The molecule has 3 aromatic carbocycles. The number of H-pyrrole nitrogens is 1. The van der Waals surface area contributed by atoms with Crippen LogP contribution in [0.1, 0.15) is 11.1 Å². The quantitative estimate of drug-likeness (QED) is 0.494. The minimum absolute atomic E-state index is 0.0295. The van der Waals surface area contributed by atoms with Crippen LogP contribution in [0.15, 0.2) is 81.4 Å². The molecule has 0 saturated heterocycles. The number of nitrogens with one attached hydrogen (secondary N) is 1. The number of para-hydroxylation sites is 1. The Morgan fingerprint density at radius 1 is 1.07 bits per heavy atom. The van der Waals surface area contributed by atoms with E-state index >= 15 is 0 Å². The van der Waals surface area contributed by atoms with E-state index in [1.807, 2.05) is 0 Å². The molecule has 0 amide bonds. The van der Waals surface area contributed by atoms with Gasteiger partial charge >= 0.3 is 5.69 Å². The molecule has 1 aromatic heterocycles. The zero-order valence-electron chi connectivity index (χ0n) is 15.5. The lowest BCUT2D eigenvalue weighted by Crippen LogP contribution is -2.32. The number of aromatic nitrogens is 2. The first-order valence-corrected chi connectivity index (χ1v) is 9.35. The monoisotopic (exact) mass is 423 g/mol. The normalized spacial score (nSPS) is 11.3. The number of fused-ring (bicyclic) bond motifs is 1. The van der Waals surface area contributed by atoms with Gasteiger partial charge in [0.1, 0.15) is 18.2 Å². The Kier molecular flexibility index (Phi) is 5.45. The van der Waals surface area contributed by atoms with Crippen LogP contribution in [0.4, 0.5) is 4.39 Å². The zero-order chi connectivity index (χ0) is 21.1. The summed E-state index contributed by atoms with van der Waals surface area (Å²) >= 11 is 6.24. The van der Waals surface area contributed by atoms with Crippen LogP contribution >= 0.6 is 11.6 Å². The van der Waals surface area contributed by atoms with E-state index in [0.29, 0.717) is 27.8 Å². The Bertz CT molecular complexity index is 1380. The zero-order valence-corrected chi connectivity index (χ0v) is 16.3. The second-order valence-corrected chi connectivity index (χ2v) is 6.81. The van der Waals surface area contributed by atoms with Crippen molar-refractivity contribution >= 4 is 28.7 Å². The summed E-state index contributed by atoms with van der Waals surface area (Å²) in [5, 5.41) is 4.63. The molecule has 1 heterocycles. The van der Waals surface area contributed by atoms with Crippen molar-refractivity contribution in [1.82, 2.24) is 9.66 Å². The molecule has 4 rings (SSSR count). The van der Waals surface area contributed by atoms with E-state index < -0.39 is 11.2 Å². The SMILES string of the molecule is O=c1[nH]c2ccccc2c(=O)n1N=Cc1ccc(OCc2ccccc2F)c(Cl)c1. The smallest absolute Gasteiger partial charge is 0.349 e.